The third kappa shape index (κ3) is 27.0. The number of hydrogen-bond donors (Lipinski definition) is 7. The zero-order chi connectivity index (χ0) is 95.0. The Labute approximate surface area is 785 Å². The van der Waals surface area contributed by atoms with Crippen molar-refractivity contribution >= 4 is 57.3 Å². The molecule has 1 aliphatic carbocycles. The van der Waals surface area contributed by atoms with Gasteiger partial charge < -0.3 is 76.9 Å². The van der Waals surface area contributed by atoms with Crippen LogP contribution in [0.25, 0.3) is 28.2 Å². The fraction of sp³-hybridized carbons (Fsp3) is 0.458. The lowest BCUT2D eigenvalue weighted by atomic mass is 9.98. The highest BCUT2D eigenvalue weighted by atomic mass is 16.5. The van der Waals surface area contributed by atoms with Crippen LogP contribution in [0.5, 0.6) is 41.7 Å². The standard InChI is InChI=1S/C25H37N7O.C22H30N6O2.C18H23N5O.C16H20N6O3.C15H18N6O2/c1-3-5-11-30-12-14-31(15-13-30)19-21-9-7-20(8-10-21)17-22-18-27-24-23(26)28-25(29-32(22)24)33-16-6-4-2;1-3-4-10-29-22-26-19(23)20-24-14-17(28(20)27-22)12-16-11-15(2)21(25-13-16)30-18-8-6-5-7-9-18;1-3-5-9-24-18-21-16(19)17-20-12-15(23(17)22-18)11-14-8-6-7-13(4-2)10-14;1-3-4-7-25-16-20-14(17)15-19-9-12(22(15)21-16)13(23)11-8-10(24-2)5-6-18-11;1-2-3-8-23-15-19-13(16)14-18-9-11(21(14)20-15)12(22)10-6-4-5-7-17-10/h7-10,18H,3-6,11-17,19H2,1-2H3,(H2,26,28,29);11,13-14,18H,3-10,12H2,1-2H3,(H2,23,26,27);6-8,10,12H,3-5,9,11H2,1-2H3,(H2,19,21,22);5-6,8-9,13,23H,3-4,7H2,1-2H3,(H2,17,20,21);4-7,9,12,22H,2-3,8H2,1H3,(H2,16,19,20). The molecular weight excluding hydrogens is 1720 g/mol. The van der Waals surface area contributed by atoms with Crippen molar-refractivity contribution in [1.82, 2.24) is 123 Å². The van der Waals surface area contributed by atoms with Crippen LogP contribution >= 0.6 is 0 Å². The first-order chi connectivity index (χ1) is 65.8. The van der Waals surface area contributed by atoms with Crippen LogP contribution in [0.15, 0.2) is 135 Å². The second-order valence-corrected chi connectivity index (χ2v) is 33.2. The number of fused-ring (bicyclic) bond motifs is 5. The molecular formula is C96H128N30O9. The summed E-state index contributed by atoms with van der Waals surface area (Å²) in [5.74, 6) is 2.70. The van der Waals surface area contributed by atoms with Gasteiger partial charge in [-0.05, 0) is 136 Å². The van der Waals surface area contributed by atoms with E-state index in [1.54, 1.807) is 75.8 Å². The average Bonchev–Trinajstić information content (AvgIpc) is 1.64. The second kappa shape index (κ2) is 49.7. The lowest BCUT2D eigenvalue weighted by Crippen LogP contribution is -2.46. The number of methoxy groups -OCH3 is 1. The van der Waals surface area contributed by atoms with Gasteiger partial charge in [0.15, 0.2) is 57.3 Å². The van der Waals surface area contributed by atoms with Crippen molar-refractivity contribution in [3.05, 3.63) is 208 Å². The van der Waals surface area contributed by atoms with Gasteiger partial charge in [-0.1, -0.05) is 148 Å². The van der Waals surface area contributed by atoms with Crippen LogP contribution in [0.2, 0.25) is 0 Å². The van der Waals surface area contributed by atoms with Gasteiger partial charge in [-0.3, -0.25) is 14.9 Å². The van der Waals surface area contributed by atoms with Gasteiger partial charge in [-0.15, -0.1) is 25.5 Å². The minimum Gasteiger partial charge on any atom is -0.497 e. The molecule has 0 amide bonds. The van der Waals surface area contributed by atoms with Gasteiger partial charge in [0.2, 0.25) is 5.88 Å². The largest absolute Gasteiger partial charge is 0.497 e. The molecule has 0 bridgehead atoms. The predicted molar refractivity (Wildman–Crippen MR) is 515 cm³/mol. The highest BCUT2D eigenvalue weighted by Gasteiger charge is 2.26. The average molecular weight is 1850 g/mol. The number of rotatable bonds is 39. The van der Waals surface area contributed by atoms with Crippen LogP contribution in [0.1, 0.15) is 243 Å². The molecule has 14 heterocycles. The van der Waals surface area contributed by atoms with Gasteiger partial charge in [0.1, 0.15) is 24.1 Å². The van der Waals surface area contributed by atoms with E-state index in [1.165, 1.54) is 95.4 Å². The lowest BCUT2D eigenvalue weighted by Gasteiger charge is -2.34. The first kappa shape index (κ1) is 98.6. The maximum absolute atomic E-state index is 10.7. The summed E-state index contributed by atoms with van der Waals surface area (Å²) in [5.41, 5.74) is 44.2. The van der Waals surface area contributed by atoms with Gasteiger partial charge >= 0.3 is 30.1 Å². The summed E-state index contributed by atoms with van der Waals surface area (Å²) in [6, 6.07) is 29.4. The van der Waals surface area contributed by atoms with E-state index in [9.17, 15) is 10.2 Å². The number of unbranched alkanes of at least 4 members (excludes halogenated alkanes) is 6. The molecule has 2 aromatic carbocycles. The van der Waals surface area contributed by atoms with E-state index in [2.05, 4.69) is 203 Å². The van der Waals surface area contributed by atoms with Crippen LogP contribution in [-0.2, 0) is 32.2 Å². The van der Waals surface area contributed by atoms with Crippen molar-refractivity contribution in [2.24, 2.45) is 0 Å². The van der Waals surface area contributed by atoms with E-state index in [0.29, 0.717) is 132 Å². The Balaban J connectivity index is 0.000000144. The number of aliphatic hydroxyl groups is 2. The number of nitrogen functional groups attached to an aromatic ring is 5. The fourth-order valence-corrected chi connectivity index (χ4v) is 15.0. The fourth-order valence-electron chi connectivity index (χ4n) is 15.0. The number of piperazine rings is 1. The number of benzene rings is 2. The molecule has 17 rings (SSSR count). The maximum Gasteiger partial charge on any atom is 0.336 e. The van der Waals surface area contributed by atoms with Crippen LogP contribution in [0, 0.1) is 6.92 Å². The third-order valence-corrected chi connectivity index (χ3v) is 22.7. The molecule has 39 heteroatoms. The van der Waals surface area contributed by atoms with E-state index in [0.717, 1.165) is 150 Å². The Hall–Kier alpha value is -13.9. The van der Waals surface area contributed by atoms with Crippen molar-refractivity contribution in [2.75, 3.05) is 102 Å². The van der Waals surface area contributed by atoms with E-state index < -0.39 is 12.2 Å². The van der Waals surface area contributed by atoms with Gasteiger partial charge in [0, 0.05) is 82.2 Å². The van der Waals surface area contributed by atoms with Gasteiger partial charge in [0.25, 0.3) is 0 Å². The molecule has 12 N–H and O–H groups in total. The van der Waals surface area contributed by atoms with E-state index in [-0.39, 0.29) is 29.7 Å². The lowest BCUT2D eigenvalue weighted by molar-refractivity contribution is 0.126. The summed E-state index contributed by atoms with van der Waals surface area (Å²) in [4.78, 5) is 60.4. The summed E-state index contributed by atoms with van der Waals surface area (Å²) in [6.45, 7) is 26.6. The van der Waals surface area contributed by atoms with Gasteiger partial charge in [-0.25, -0.2) is 52.5 Å². The number of ether oxygens (including phenoxy) is 7. The molecule has 716 valence electrons. The van der Waals surface area contributed by atoms with Crippen LogP contribution in [0.3, 0.4) is 0 Å². The molecule has 0 spiro atoms. The Kier molecular flexibility index (Phi) is 36.3. The van der Waals surface area contributed by atoms with Gasteiger partial charge in [-0.2, -0.15) is 24.9 Å². The summed E-state index contributed by atoms with van der Waals surface area (Å²) in [7, 11) is 1.55. The number of imidazole rings is 5. The molecule has 1 saturated heterocycles. The smallest absolute Gasteiger partial charge is 0.336 e. The quantitative estimate of drug-likeness (QED) is 0.0176. The van der Waals surface area contributed by atoms with Crippen molar-refractivity contribution in [3.63, 3.8) is 0 Å². The van der Waals surface area contributed by atoms with E-state index in [4.69, 9.17) is 61.8 Å². The minimum atomic E-state index is -1.05. The zero-order valence-electron chi connectivity index (χ0n) is 78.9. The maximum atomic E-state index is 10.7. The number of aryl methyl sites for hydroxylation is 2. The number of aliphatic hydroxyl groups excluding tert-OH is 2. The highest BCUT2D eigenvalue weighted by molar-refractivity contribution is 5.63. The molecule has 13 aromatic heterocycles. The monoisotopic (exact) mass is 1850 g/mol. The molecule has 0 radical (unpaired) electrons. The van der Waals surface area contributed by atoms with Crippen molar-refractivity contribution in [3.8, 4) is 41.7 Å². The topological polar surface area (TPSA) is 496 Å². The SMILES string of the molecule is CCCCOc1nc(N)c2ncc(C(O)c3cc(OC)ccn3)n2n1.CCCCOc1nc(N)c2ncc(C(O)c3ccccn3)n2n1.CCCCOc1nc(N)c2ncc(Cc3ccc(CN4CCN(CCCC)CC4)cc3)n2n1.CCCCOc1nc(N)c2ncc(Cc3cccc(CC)c3)n2n1.CCCCOc1nc(N)c2ncc(Cc3cnc(OC4CCCCC4)c(C)c3)n2n1. The molecule has 2 unspecified atom stereocenters. The van der Waals surface area contributed by atoms with Crippen molar-refractivity contribution in [1.29, 1.82) is 0 Å². The molecule has 2 atom stereocenters. The number of aromatic nitrogens is 23. The molecule has 1 aliphatic heterocycles. The Morgan fingerprint density at radius 3 is 1.24 bits per heavy atom. The van der Waals surface area contributed by atoms with E-state index in [1.807, 2.05) is 19.3 Å². The normalized spacial score (nSPS) is 13.4. The number of nitrogens with two attached hydrogens (primary N) is 5. The summed E-state index contributed by atoms with van der Waals surface area (Å²) >= 11 is 0. The van der Waals surface area contributed by atoms with E-state index >= 15 is 0 Å². The Morgan fingerprint density at radius 2 is 0.800 bits per heavy atom. The van der Waals surface area contributed by atoms with Gasteiger partial charge in [0.05, 0.1) is 111 Å². The first-order valence-electron chi connectivity index (χ1n) is 47.0. The number of pyridine rings is 3. The Morgan fingerprint density at radius 1 is 0.385 bits per heavy atom. The molecule has 2 aliphatic rings. The van der Waals surface area contributed by atoms with Crippen LogP contribution < -0.4 is 61.8 Å². The summed E-state index contributed by atoms with van der Waals surface area (Å²) in [6.07, 6.45) is 33.2. The summed E-state index contributed by atoms with van der Waals surface area (Å²) < 4.78 is 47.3. The van der Waals surface area contributed by atoms with Crippen LogP contribution in [-0.4, -0.2) is 212 Å². The third-order valence-electron chi connectivity index (χ3n) is 22.7. The first-order valence-corrected chi connectivity index (χ1v) is 47.0. The summed E-state index contributed by atoms with van der Waals surface area (Å²) in [5, 5.41) is 43.2. The number of hydrogen-bond acceptors (Lipinski definition) is 34. The Bertz CT molecular complexity index is 6220. The number of anilines is 5. The molecule has 15 aromatic rings. The molecule has 39 nitrogen and oxygen atoms in total. The van der Waals surface area contributed by atoms with Crippen molar-refractivity contribution in [2.45, 2.75) is 215 Å². The zero-order valence-corrected chi connectivity index (χ0v) is 78.9. The molecule has 2 fully saturated rings. The van der Waals surface area contributed by atoms with Crippen molar-refractivity contribution < 1.29 is 43.4 Å². The second-order valence-electron chi connectivity index (χ2n) is 33.2. The van der Waals surface area contributed by atoms with Crippen LogP contribution in [0.4, 0.5) is 29.1 Å². The molecule has 135 heavy (non-hydrogen) atoms. The minimum absolute atomic E-state index is 0.142. The highest BCUT2D eigenvalue weighted by Crippen LogP contribution is 2.31. The molecule has 1 saturated carbocycles. The number of nitrogens with zero attached hydrogens (tertiary/aromatic N) is 25. The predicted octanol–water partition coefficient (Wildman–Crippen LogP) is 13.1.